The Balaban J connectivity index is 2.94. The highest BCUT2D eigenvalue weighted by atomic mass is 19.3. The molecule has 0 amide bonds. The van der Waals surface area contributed by atoms with E-state index >= 15 is 0 Å². The minimum absolute atomic E-state index is 0.102. The van der Waals surface area contributed by atoms with Crippen LogP contribution in [-0.4, -0.2) is 18.7 Å². The number of likely N-dealkylation sites (N-methyl/N-ethyl adjacent to an activating group) is 1. The van der Waals surface area contributed by atoms with Gasteiger partial charge in [0, 0.05) is 12.1 Å². The van der Waals surface area contributed by atoms with Crippen LogP contribution in [0.4, 0.5) is 8.78 Å². The van der Waals surface area contributed by atoms with Crippen LogP contribution < -0.4 is 5.32 Å². The van der Waals surface area contributed by atoms with Gasteiger partial charge in [0.1, 0.15) is 0 Å². The maximum Gasteiger partial charge on any atom is 0.264 e. The molecular formula is C10H13F2NO. The molecule has 0 spiro atoms. The predicted molar refractivity (Wildman–Crippen MR) is 50.3 cm³/mol. The minimum atomic E-state index is -2.54. The van der Waals surface area contributed by atoms with E-state index in [2.05, 4.69) is 5.32 Å². The predicted octanol–water partition coefficient (Wildman–Crippen LogP) is 1.88. The van der Waals surface area contributed by atoms with Crippen molar-refractivity contribution in [2.45, 2.75) is 12.5 Å². The lowest BCUT2D eigenvalue weighted by Crippen LogP contribution is -2.17. The van der Waals surface area contributed by atoms with E-state index in [4.69, 9.17) is 0 Å². The van der Waals surface area contributed by atoms with Gasteiger partial charge in [-0.1, -0.05) is 24.3 Å². The minimum Gasteiger partial charge on any atom is -0.387 e. The molecule has 0 heterocycles. The van der Waals surface area contributed by atoms with Crippen LogP contribution in [0.2, 0.25) is 0 Å². The highest BCUT2D eigenvalue weighted by Crippen LogP contribution is 2.26. The third-order valence-electron chi connectivity index (χ3n) is 1.99. The van der Waals surface area contributed by atoms with Gasteiger partial charge in [0.25, 0.3) is 6.43 Å². The third kappa shape index (κ3) is 2.49. The number of alkyl halides is 2. The molecule has 0 fully saturated rings. The Bertz CT molecular complexity index is 291. The van der Waals surface area contributed by atoms with Crippen LogP contribution >= 0.6 is 0 Å². The summed E-state index contributed by atoms with van der Waals surface area (Å²) in [6.07, 6.45) is -3.43. The molecule has 14 heavy (non-hydrogen) atoms. The zero-order valence-corrected chi connectivity index (χ0v) is 7.87. The Morgan fingerprint density at radius 1 is 1.29 bits per heavy atom. The second-order valence-electron chi connectivity index (χ2n) is 3.00. The molecule has 0 aliphatic carbocycles. The van der Waals surface area contributed by atoms with Crippen molar-refractivity contribution in [1.82, 2.24) is 5.32 Å². The Morgan fingerprint density at radius 2 is 1.86 bits per heavy atom. The van der Waals surface area contributed by atoms with Crippen molar-refractivity contribution < 1.29 is 13.9 Å². The summed E-state index contributed by atoms with van der Waals surface area (Å²) >= 11 is 0. The first-order valence-electron chi connectivity index (χ1n) is 4.36. The largest absolute Gasteiger partial charge is 0.387 e. The summed E-state index contributed by atoms with van der Waals surface area (Å²) in [4.78, 5) is 0. The molecule has 1 aromatic rings. The molecule has 4 heteroatoms. The van der Waals surface area contributed by atoms with Crippen molar-refractivity contribution in [2.24, 2.45) is 0 Å². The lowest BCUT2D eigenvalue weighted by atomic mass is 10.0. The molecule has 1 rings (SSSR count). The van der Waals surface area contributed by atoms with E-state index in [1.165, 1.54) is 18.2 Å². The molecule has 1 aromatic carbocycles. The van der Waals surface area contributed by atoms with Gasteiger partial charge in [-0.25, -0.2) is 8.78 Å². The second-order valence-corrected chi connectivity index (χ2v) is 3.00. The molecule has 2 N–H and O–H groups in total. The number of rotatable bonds is 4. The summed E-state index contributed by atoms with van der Waals surface area (Å²) in [7, 11) is 1.66. The van der Waals surface area contributed by atoms with E-state index in [1.54, 1.807) is 13.1 Å². The molecule has 0 bridgehead atoms. The standard InChI is InChI=1S/C10H13F2NO/c1-13-6-9(14)7-4-2-3-5-8(7)10(11)12/h2-5,9-10,13-14H,6H2,1H3. The average Bonchev–Trinajstić information content (AvgIpc) is 2.18. The van der Waals surface area contributed by atoms with Gasteiger partial charge in [0.2, 0.25) is 0 Å². The van der Waals surface area contributed by atoms with Crippen LogP contribution in [0.3, 0.4) is 0 Å². The van der Waals surface area contributed by atoms with Crippen LogP contribution in [-0.2, 0) is 0 Å². The van der Waals surface area contributed by atoms with Crippen molar-refractivity contribution >= 4 is 0 Å². The van der Waals surface area contributed by atoms with Gasteiger partial charge in [0.05, 0.1) is 6.10 Å². The molecule has 0 saturated carbocycles. The average molecular weight is 201 g/mol. The van der Waals surface area contributed by atoms with E-state index in [-0.39, 0.29) is 17.7 Å². The Labute approximate surface area is 81.6 Å². The summed E-state index contributed by atoms with van der Waals surface area (Å²) in [5, 5.41) is 12.3. The number of hydrogen-bond donors (Lipinski definition) is 2. The molecule has 0 saturated heterocycles. The highest BCUT2D eigenvalue weighted by molar-refractivity contribution is 5.30. The smallest absolute Gasteiger partial charge is 0.264 e. The molecule has 0 aliphatic rings. The quantitative estimate of drug-likeness (QED) is 0.779. The molecule has 0 aliphatic heterocycles. The summed E-state index contributed by atoms with van der Waals surface area (Å²) in [5.74, 6) is 0. The van der Waals surface area contributed by atoms with Crippen LogP contribution in [0, 0.1) is 0 Å². The van der Waals surface area contributed by atoms with Crippen molar-refractivity contribution in [3.05, 3.63) is 35.4 Å². The maximum absolute atomic E-state index is 12.5. The number of hydrogen-bond acceptors (Lipinski definition) is 2. The van der Waals surface area contributed by atoms with E-state index in [0.717, 1.165) is 0 Å². The molecule has 1 unspecified atom stereocenters. The fraction of sp³-hybridized carbons (Fsp3) is 0.400. The Morgan fingerprint density at radius 3 is 2.36 bits per heavy atom. The maximum atomic E-state index is 12.5. The van der Waals surface area contributed by atoms with Crippen molar-refractivity contribution in [3.8, 4) is 0 Å². The fourth-order valence-electron chi connectivity index (χ4n) is 1.32. The zero-order chi connectivity index (χ0) is 10.6. The number of aliphatic hydroxyl groups excluding tert-OH is 1. The summed E-state index contributed by atoms with van der Waals surface area (Å²) in [6.45, 7) is 0.268. The lowest BCUT2D eigenvalue weighted by molar-refractivity contribution is 0.136. The summed E-state index contributed by atoms with van der Waals surface area (Å²) in [6, 6.07) is 6.03. The van der Waals surface area contributed by atoms with Crippen LogP contribution in [0.5, 0.6) is 0 Å². The monoisotopic (exact) mass is 201 g/mol. The number of halogens is 2. The fourth-order valence-corrected chi connectivity index (χ4v) is 1.32. The normalized spacial score (nSPS) is 13.2. The summed E-state index contributed by atoms with van der Waals surface area (Å²) in [5.41, 5.74) is 0.187. The molecule has 0 aromatic heterocycles. The van der Waals surface area contributed by atoms with Crippen LogP contribution in [0.1, 0.15) is 23.7 Å². The van der Waals surface area contributed by atoms with Crippen molar-refractivity contribution in [3.63, 3.8) is 0 Å². The van der Waals surface area contributed by atoms with E-state index < -0.39 is 12.5 Å². The third-order valence-corrected chi connectivity index (χ3v) is 1.99. The van der Waals surface area contributed by atoms with Gasteiger partial charge in [-0.3, -0.25) is 0 Å². The first kappa shape index (κ1) is 11.1. The zero-order valence-electron chi connectivity index (χ0n) is 7.87. The lowest BCUT2D eigenvalue weighted by Gasteiger charge is -2.14. The topological polar surface area (TPSA) is 32.3 Å². The van der Waals surface area contributed by atoms with E-state index in [1.807, 2.05) is 0 Å². The van der Waals surface area contributed by atoms with Crippen molar-refractivity contribution in [1.29, 1.82) is 0 Å². The van der Waals surface area contributed by atoms with Gasteiger partial charge >= 0.3 is 0 Å². The van der Waals surface area contributed by atoms with Crippen molar-refractivity contribution in [2.75, 3.05) is 13.6 Å². The van der Waals surface area contributed by atoms with E-state index in [0.29, 0.717) is 0 Å². The van der Waals surface area contributed by atoms with Crippen LogP contribution in [0.15, 0.2) is 24.3 Å². The van der Waals surface area contributed by atoms with Gasteiger partial charge in [-0.2, -0.15) is 0 Å². The number of benzene rings is 1. The Kier molecular flexibility index (Phi) is 3.98. The highest BCUT2D eigenvalue weighted by Gasteiger charge is 2.16. The van der Waals surface area contributed by atoms with Gasteiger partial charge in [-0.05, 0) is 12.6 Å². The first-order chi connectivity index (χ1) is 6.66. The van der Waals surface area contributed by atoms with E-state index in [9.17, 15) is 13.9 Å². The number of nitrogens with one attached hydrogen (secondary N) is 1. The van der Waals surface area contributed by atoms with Gasteiger partial charge in [-0.15, -0.1) is 0 Å². The Hall–Kier alpha value is -1.00. The molecule has 1 atom stereocenters. The molecule has 0 radical (unpaired) electrons. The van der Waals surface area contributed by atoms with Crippen LogP contribution in [0.25, 0.3) is 0 Å². The van der Waals surface area contributed by atoms with Gasteiger partial charge < -0.3 is 10.4 Å². The number of aliphatic hydroxyl groups is 1. The molecule has 2 nitrogen and oxygen atoms in total. The second kappa shape index (κ2) is 5.02. The summed E-state index contributed by atoms with van der Waals surface area (Å²) < 4.78 is 25.0. The SMILES string of the molecule is CNCC(O)c1ccccc1C(F)F. The molecular weight excluding hydrogens is 188 g/mol. The first-order valence-corrected chi connectivity index (χ1v) is 4.36. The van der Waals surface area contributed by atoms with Gasteiger partial charge in [0.15, 0.2) is 0 Å². The molecule has 78 valence electrons.